The highest BCUT2D eigenvalue weighted by Crippen LogP contribution is 2.37. The molecule has 11 heteroatoms. The maximum atomic E-state index is 12.4. The topological polar surface area (TPSA) is 122 Å². The number of likely N-dealkylation sites (tertiary alicyclic amines) is 1. The molecular weight excluding hydrogens is 548 g/mol. The third kappa shape index (κ3) is 7.64. The van der Waals surface area contributed by atoms with Crippen LogP contribution in [0, 0.1) is 11.3 Å². The second kappa shape index (κ2) is 13.2. The van der Waals surface area contributed by atoms with Gasteiger partial charge in [-0.15, -0.1) is 0 Å². The SMILES string of the molecule is COc1cc(-c2ccnc(Nc3ccc(N4CCOCC4)cc3)n2)cc(C#N)c1OC1CCN(C(=O)OC(C)(C)C)CC1. The van der Waals surface area contributed by atoms with E-state index in [2.05, 4.69) is 33.4 Å². The number of carbonyl (C=O) groups is 1. The van der Waals surface area contributed by atoms with Crippen LogP contribution in [-0.2, 0) is 9.47 Å². The quantitative estimate of drug-likeness (QED) is 0.386. The van der Waals surface area contributed by atoms with Gasteiger partial charge in [-0.2, -0.15) is 5.26 Å². The van der Waals surface area contributed by atoms with Crippen molar-refractivity contribution in [2.24, 2.45) is 0 Å². The Morgan fingerprint density at radius 3 is 2.44 bits per heavy atom. The third-order valence-electron chi connectivity index (χ3n) is 7.22. The fourth-order valence-corrected chi connectivity index (χ4v) is 5.04. The smallest absolute Gasteiger partial charge is 0.410 e. The highest BCUT2D eigenvalue weighted by molar-refractivity contribution is 5.70. The molecule has 43 heavy (non-hydrogen) atoms. The first-order valence-electron chi connectivity index (χ1n) is 14.5. The number of carbonyl (C=O) groups excluding carboxylic acids is 1. The van der Waals surface area contributed by atoms with Gasteiger partial charge >= 0.3 is 6.09 Å². The van der Waals surface area contributed by atoms with Crippen molar-refractivity contribution in [3.05, 3.63) is 54.2 Å². The zero-order valence-corrected chi connectivity index (χ0v) is 25.1. The zero-order valence-electron chi connectivity index (χ0n) is 25.1. The number of amides is 1. The molecule has 1 aromatic heterocycles. The molecule has 0 radical (unpaired) electrons. The summed E-state index contributed by atoms with van der Waals surface area (Å²) in [7, 11) is 1.55. The molecule has 1 N–H and O–H groups in total. The number of methoxy groups -OCH3 is 1. The van der Waals surface area contributed by atoms with E-state index in [-0.39, 0.29) is 12.2 Å². The molecule has 0 atom stereocenters. The number of hydrogen-bond donors (Lipinski definition) is 1. The van der Waals surface area contributed by atoms with E-state index in [0.29, 0.717) is 60.2 Å². The monoisotopic (exact) mass is 586 g/mol. The standard InChI is InChI=1S/C32H38N6O5/c1-32(2,3)43-31(39)38-13-10-26(11-14-38)42-29-23(21-33)19-22(20-28(29)40-4)27-9-12-34-30(36-27)35-24-5-7-25(8-6-24)37-15-17-41-18-16-37/h5-9,12,19-20,26H,10-11,13-18H2,1-4H3,(H,34,35,36). The second-order valence-electron chi connectivity index (χ2n) is 11.5. The maximum absolute atomic E-state index is 12.4. The lowest BCUT2D eigenvalue weighted by molar-refractivity contribution is 0.0124. The van der Waals surface area contributed by atoms with Gasteiger partial charge in [0.25, 0.3) is 0 Å². The molecule has 11 nitrogen and oxygen atoms in total. The van der Waals surface area contributed by atoms with Gasteiger partial charge < -0.3 is 34.1 Å². The van der Waals surface area contributed by atoms with Crippen LogP contribution in [0.25, 0.3) is 11.3 Å². The molecule has 2 fully saturated rings. The number of nitriles is 1. The van der Waals surface area contributed by atoms with Crippen LogP contribution in [-0.4, -0.2) is 79.2 Å². The molecule has 1 amide bonds. The number of benzene rings is 2. The predicted octanol–water partition coefficient (Wildman–Crippen LogP) is 5.38. The number of rotatable bonds is 7. The molecule has 2 aliphatic heterocycles. The number of hydrogen-bond acceptors (Lipinski definition) is 10. The van der Waals surface area contributed by atoms with Crippen molar-refractivity contribution >= 4 is 23.4 Å². The minimum absolute atomic E-state index is 0.171. The summed E-state index contributed by atoms with van der Waals surface area (Å²) in [5.74, 6) is 1.26. The van der Waals surface area contributed by atoms with Gasteiger partial charge in [-0.3, -0.25) is 0 Å². The van der Waals surface area contributed by atoms with Gasteiger partial charge in [-0.25, -0.2) is 14.8 Å². The lowest BCUT2D eigenvalue weighted by atomic mass is 10.0. The predicted molar refractivity (Wildman–Crippen MR) is 163 cm³/mol. The average Bonchev–Trinajstić information content (AvgIpc) is 3.01. The van der Waals surface area contributed by atoms with E-state index >= 15 is 0 Å². The summed E-state index contributed by atoms with van der Waals surface area (Å²) >= 11 is 0. The van der Waals surface area contributed by atoms with Crippen LogP contribution < -0.4 is 19.7 Å². The molecule has 3 heterocycles. The Morgan fingerprint density at radius 1 is 1.07 bits per heavy atom. The number of anilines is 3. The van der Waals surface area contributed by atoms with Gasteiger partial charge in [-0.05, 0) is 63.2 Å². The van der Waals surface area contributed by atoms with E-state index in [4.69, 9.17) is 23.9 Å². The highest BCUT2D eigenvalue weighted by Gasteiger charge is 2.29. The molecule has 5 rings (SSSR count). The van der Waals surface area contributed by atoms with E-state index in [0.717, 1.165) is 37.7 Å². The molecule has 2 aliphatic rings. The Bertz CT molecular complexity index is 1450. The van der Waals surface area contributed by atoms with E-state index in [1.54, 1.807) is 30.3 Å². The largest absolute Gasteiger partial charge is 0.493 e. The van der Waals surface area contributed by atoms with E-state index in [9.17, 15) is 10.1 Å². The van der Waals surface area contributed by atoms with Gasteiger partial charge in [0.05, 0.1) is 31.6 Å². The summed E-state index contributed by atoms with van der Waals surface area (Å²) in [6, 6.07) is 15.7. The van der Waals surface area contributed by atoms with Gasteiger partial charge in [0, 0.05) is 62.2 Å². The molecule has 226 valence electrons. The number of morpholine rings is 1. The van der Waals surface area contributed by atoms with Crippen molar-refractivity contribution in [1.82, 2.24) is 14.9 Å². The van der Waals surface area contributed by atoms with Crippen LogP contribution in [0.5, 0.6) is 11.5 Å². The number of ether oxygens (including phenoxy) is 4. The lowest BCUT2D eigenvalue weighted by Crippen LogP contribution is -2.44. The Balaban J connectivity index is 1.27. The van der Waals surface area contributed by atoms with Crippen LogP contribution in [0.1, 0.15) is 39.2 Å². The van der Waals surface area contributed by atoms with Crippen LogP contribution in [0.3, 0.4) is 0 Å². The van der Waals surface area contributed by atoms with Crippen molar-refractivity contribution in [2.75, 3.05) is 56.7 Å². The molecule has 0 spiro atoms. The fourth-order valence-electron chi connectivity index (χ4n) is 5.04. The van der Waals surface area contributed by atoms with Crippen LogP contribution >= 0.6 is 0 Å². The first-order valence-corrected chi connectivity index (χ1v) is 14.5. The van der Waals surface area contributed by atoms with Gasteiger partial charge in [0.15, 0.2) is 11.5 Å². The summed E-state index contributed by atoms with van der Waals surface area (Å²) in [5, 5.41) is 13.3. The number of nitrogens with zero attached hydrogens (tertiary/aromatic N) is 5. The molecule has 3 aromatic rings. The number of nitrogens with one attached hydrogen (secondary N) is 1. The Hall–Kier alpha value is -4.56. The molecule has 0 aliphatic carbocycles. The van der Waals surface area contributed by atoms with Crippen molar-refractivity contribution in [3.8, 4) is 28.8 Å². The third-order valence-corrected chi connectivity index (χ3v) is 7.22. The molecule has 0 unspecified atom stereocenters. The van der Waals surface area contributed by atoms with Crippen LogP contribution in [0.15, 0.2) is 48.7 Å². The second-order valence-corrected chi connectivity index (χ2v) is 11.5. The molecule has 0 saturated carbocycles. The fraction of sp³-hybridized carbons (Fsp3) is 0.438. The minimum atomic E-state index is -0.545. The first-order chi connectivity index (χ1) is 20.7. The van der Waals surface area contributed by atoms with Crippen molar-refractivity contribution < 1.29 is 23.7 Å². The normalized spacial score (nSPS) is 15.9. The van der Waals surface area contributed by atoms with E-state index in [1.165, 1.54) is 0 Å². The van der Waals surface area contributed by atoms with Crippen LogP contribution in [0.2, 0.25) is 0 Å². The Morgan fingerprint density at radius 2 is 1.79 bits per heavy atom. The van der Waals surface area contributed by atoms with E-state index < -0.39 is 5.60 Å². The number of piperidine rings is 1. The van der Waals surface area contributed by atoms with Crippen LogP contribution in [0.4, 0.5) is 22.1 Å². The van der Waals surface area contributed by atoms with Gasteiger partial charge in [0.1, 0.15) is 17.8 Å². The van der Waals surface area contributed by atoms with Crippen molar-refractivity contribution in [3.63, 3.8) is 0 Å². The van der Waals surface area contributed by atoms with Gasteiger partial charge in [0.2, 0.25) is 5.95 Å². The molecule has 2 saturated heterocycles. The summed E-state index contributed by atoms with van der Waals surface area (Å²) in [6.07, 6.45) is 2.41. The summed E-state index contributed by atoms with van der Waals surface area (Å²) in [6.45, 7) is 9.80. The molecule has 0 bridgehead atoms. The average molecular weight is 587 g/mol. The Labute approximate surface area is 252 Å². The van der Waals surface area contributed by atoms with Crippen molar-refractivity contribution in [2.45, 2.75) is 45.3 Å². The van der Waals surface area contributed by atoms with E-state index in [1.807, 2.05) is 39.0 Å². The maximum Gasteiger partial charge on any atom is 0.410 e. The van der Waals surface area contributed by atoms with Gasteiger partial charge in [-0.1, -0.05) is 0 Å². The first kappa shape index (κ1) is 29.9. The molecule has 2 aromatic carbocycles. The summed E-state index contributed by atoms with van der Waals surface area (Å²) < 4.78 is 22.9. The summed E-state index contributed by atoms with van der Waals surface area (Å²) in [5.41, 5.74) is 3.15. The lowest BCUT2D eigenvalue weighted by Gasteiger charge is -2.33. The zero-order chi connectivity index (χ0) is 30.4. The highest BCUT2D eigenvalue weighted by atomic mass is 16.6. The molecular formula is C32H38N6O5. The minimum Gasteiger partial charge on any atom is -0.493 e. The van der Waals surface area contributed by atoms with Crippen molar-refractivity contribution in [1.29, 1.82) is 5.26 Å². The number of aromatic nitrogens is 2. The Kier molecular flexibility index (Phi) is 9.16. The summed E-state index contributed by atoms with van der Waals surface area (Å²) in [4.78, 5) is 25.5.